The third-order valence-electron chi connectivity index (χ3n) is 2.94. The van der Waals surface area contributed by atoms with Gasteiger partial charge in [-0.25, -0.2) is 4.79 Å². The summed E-state index contributed by atoms with van der Waals surface area (Å²) in [6.07, 6.45) is 0.809. The summed E-state index contributed by atoms with van der Waals surface area (Å²) in [4.78, 5) is 23.4. The fourth-order valence-corrected chi connectivity index (χ4v) is 1.93. The lowest BCUT2D eigenvalue weighted by atomic mass is 10.1. The average molecular weight is 263 g/mol. The Kier molecular flexibility index (Phi) is 4.04. The number of fused-ring (bicyclic) bond motifs is 1. The number of nitrogens with one attached hydrogen (secondary N) is 1. The van der Waals surface area contributed by atoms with Gasteiger partial charge in [0.1, 0.15) is 11.8 Å². The van der Waals surface area contributed by atoms with Crippen LogP contribution in [0.3, 0.4) is 0 Å². The van der Waals surface area contributed by atoms with Gasteiger partial charge in [0.2, 0.25) is 0 Å². The molecule has 1 N–H and O–H groups in total. The van der Waals surface area contributed by atoms with E-state index in [2.05, 4.69) is 5.32 Å². The van der Waals surface area contributed by atoms with Crippen LogP contribution in [0.2, 0.25) is 0 Å². The fourth-order valence-electron chi connectivity index (χ4n) is 1.93. The molecule has 0 bridgehead atoms. The highest BCUT2D eigenvalue weighted by Gasteiger charge is 2.19. The molecule has 0 saturated heterocycles. The third-order valence-corrected chi connectivity index (χ3v) is 2.94. The molecule has 1 amide bonds. The van der Waals surface area contributed by atoms with E-state index in [0.717, 1.165) is 17.7 Å². The summed E-state index contributed by atoms with van der Waals surface area (Å²) in [5.41, 5.74) is 1.55. The molecule has 1 heterocycles. The quantitative estimate of drug-likeness (QED) is 0.832. The molecular weight excluding hydrogens is 246 g/mol. The van der Waals surface area contributed by atoms with Gasteiger partial charge in [-0.1, -0.05) is 0 Å². The summed E-state index contributed by atoms with van der Waals surface area (Å²) < 4.78 is 10.2. The zero-order valence-electron chi connectivity index (χ0n) is 11.1. The second-order valence-corrected chi connectivity index (χ2v) is 4.37. The van der Waals surface area contributed by atoms with Crippen molar-refractivity contribution < 1.29 is 19.1 Å². The average Bonchev–Trinajstić information content (AvgIpc) is 2.85. The first-order valence-electron chi connectivity index (χ1n) is 6.35. The molecule has 5 heteroatoms. The van der Waals surface area contributed by atoms with Gasteiger partial charge in [0, 0.05) is 12.0 Å². The van der Waals surface area contributed by atoms with E-state index in [-0.39, 0.29) is 5.91 Å². The smallest absolute Gasteiger partial charge is 0.328 e. The van der Waals surface area contributed by atoms with Crippen molar-refractivity contribution in [2.24, 2.45) is 0 Å². The standard InChI is InChI=1S/C14H17NO4/c1-3-18-14(17)9(2)15-13(16)11-4-5-12-10(8-11)6-7-19-12/h4-5,8-9H,3,6-7H2,1-2H3,(H,15,16). The minimum atomic E-state index is -0.656. The number of amides is 1. The highest BCUT2D eigenvalue weighted by molar-refractivity contribution is 5.97. The van der Waals surface area contributed by atoms with Crippen LogP contribution in [-0.2, 0) is 16.0 Å². The van der Waals surface area contributed by atoms with Crippen molar-refractivity contribution in [3.05, 3.63) is 29.3 Å². The fraction of sp³-hybridized carbons (Fsp3) is 0.429. The Bertz CT molecular complexity index is 498. The zero-order chi connectivity index (χ0) is 13.8. The maximum atomic E-state index is 12.0. The molecule has 1 atom stereocenters. The van der Waals surface area contributed by atoms with Gasteiger partial charge in [-0.15, -0.1) is 0 Å². The van der Waals surface area contributed by atoms with Gasteiger partial charge in [-0.2, -0.15) is 0 Å². The van der Waals surface area contributed by atoms with Gasteiger partial charge in [0.15, 0.2) is 0 Å². The van der Waals surface area contributed by atoms with Gasteiger partial charge in [0.05, 0.1) is 13.2 Å². The Labute approximate surface area is 111 Å². The molecule has 2 rings (SSSR count). The van der Waals surface area contributed by atoms with E-state index in [9.17, 15) is 9.59 Å². The van der Waals surface area contributed by atoms with Gasteiger partial charge in [-0.05, 0) is 37.6 Å². The van der Waals surface area contributed by atoms with Crippen LogP contribution in [0.25, 0.3) is 0 Å². The summed E-state index contributed by atoms with van der Waals surface area (Å²) in [7, 11) is 0. The molecule has 1 unspecified atom stereocenters. The van der Waals surface area contributed by atoms with Crippen LogP contribution in [0.5, 0.6) is 5.75 Å². The van der Waals surface area contributed by atoms with Gasteiger partial charge < -0.3 is 14.8 Å². The van der Waals surface area contributed by atoms with Crippen molar-refractivity contribution in [1.29, 1.82) is 0 Å². The third kappa shape index (κ3) is 3.05. The SMILES string of the molecule is CCOC(=O)C(C)NC(=O)c1ccc2c(c1)CCO2. The molecular formula is C14H17NO4. The first-order chi connectivity index (χ1) is 9.11. The van der Waals surface area contributed by atoms with Crippen molar-refractivity contribution in [3.8, 4) is 5.75 Å². The predicted octanol–water partition coefficient (Wildman–Crippen LogP) is 1.30. The molecule has 0 radical (unpaired) electrons. The monoisotopic (exact) mass is 263 g/mol. The van der Waals surface area contributed by atoms with Crippen LogP contribution < -0.4 is 10.1 Å². The molecule has 1 aromatic carbocycles. The molecule has 1 aliphatic heterocycles. The zero-order valence-corrected chi connectivity index (χ0v) is 11.1. The summed E-state index contributed by atoms with van der Waals surface area (Å²) >= 11 is 0. The lowest BCUT2D eigenvalue weighted by Gasteiger charge is -2.12. The van der Waals surface area contributed by atoms with Crippen LogP contribution >= 0.6 is 0 Å². The van der Waals surface area contributed by atoms with Crippen LogP contribution in [0.4, 0.5) is 0 Å². The van der Waals surface area contributed by atoms with E-state index in [1.54, 1.807) is 32.0 Å². The number of hydrogen-bond acceptors (Lipinski definition) is 4. The number of carbonyl (C=O) groups excluding carboxylic acids is 2. The van der Waals surface area contributed by atoms with Gasteiger partial charge >= 0.3 is 5.97 Å². The number of rotatable bonds is 4. The molecule has 102 valence electrons. The molecule has 0 saturated carbocycles. The maximum absolute atomic E-state index is 12.0. The molecule has 0 fully saturated rings. The molecule has 1 aliphatic rings. The van der Waals surface area contributed by atoms with E-state index in [4.69, 9.17) is 9.47 Å². The summed E-state index contributed by atoms with van der Waals surface area (Å²) in [6, 6.07) is 4.62. The van der Waals surface area contributed by atoms with Crippen molar-refractivity contribution in [1.82, 2.24) is 5.32 Å². The minimum Gasteiger partial charge on any atom is -0.493 e. The highest BCUT2D eigenvalue weighted by atomic mass is 16.5. The first-order valence-corrected chi connectivity index (χ1v) is 6.35. The van der Waals surface area contributed by atoms with Gasteiger partial charge in [-0.3, -0.25) is 4.79 Å². The van der Waals surface area contributed by atoms with E-state index in [0.29, 0.717) is 18.8 Å². The minimum absolute atomic E-state index is 0.282. The van der Waals surface area contributed by atoms with Crippen molar-refractivity contribution in [3.63, 3.8) is 0 Å². The largest absolute Gasteiger partial charge is 0.493 e. The Balaban J connectivity index is 2.02. The number of esters is 1. The number of benzene rings is 1. The van der Waals surface area contributed by atoms with E-state index in [1.807, 2.05) is 0 Å². The Morgan fingerprint density at radius 1 is 1.47 bits per heavy atom. The molecule has 5 nitrogen and oxygen atoms in total. The highest BCUT2D eigenvalue weighted by Crippen LogP contribution is 2.25. The number of hydrogen-bond donors (Lipinski definition) is 1. The Morgan fingerprint density at radius 2 is 2.26 bits per heavy atom. The topological polar surface area (TPSA) is 64.6 Å². The van der Waals surface area contributed by atoms with E-state index < -0.39 is 12.0 Å². The van der Waals surface area contributed by atoms with Crippen LogP contribution in [-0.4, -0.2) is 31.1 Å². The lowest BCUT2D eigenvalue weighted by Crippen LogP contribution is -2.39. The van der Waals surface area contributed by atoms with Crippen molar-refractivity contribution in [2.45, 2.75) is 26.3 Å². The predicted molar refractivity (Wildman–Crippen MR) is 69.2 cm³/mol. The Morgan fingerprint density at radius 3 is 3.00 bits per heavy atom. The molecule has 1 aromatic rings. The second-order valence-electron chi connectivity index (χ2n) is 4.37. The van der Waals surface area contributed by atoms with Crippen LogP contribution in [0, 0.1) is 0 Å². The lowest BCUT2D eigenvalue weighted by molar-refractivity contribution is -0.144. The normalized spacial score (nSPS) is 14.2. The van der Waals surface area contributed by atoms with E-state index in [1.165, 1.54) is 0 Å². The molecule has 0 aliphatic carbocycles. The first kappa shape index (κ1) is 13.4. The molecule has 0 spiro atoms. The van der Waals surface area contributed by atoms with E-state index >= 15 is 0 Å². The number of ether oxygens (including phenoxy) is 2. The number of carbonyl (C=O) groups is 2. The van der Waals surface area contributed by atoms with Gasteiger partial charge in [0.25, 0.3) is 5.91 Å². The summed E-state index contributed by atoms with van der Waals surface area (Å²) in [6.45, 7) is 4.29. The maximum Gasteiger partial charge on any atom is 0.328 e. The molecule has 19 heavy (non-hydrogen) atoms. The van der Waals surface area contributed by atoms with Crippen molar-refractivity contribution in [2.75, 3.05) is 13.2 Å². The van der Waals surface area contributed by atoms with Crippen molar-refractivity contribution >= 4 is 11.9 Å². The second kappa shape index (κ2) is 5.73. The van der Waals surface area contributed by atoms with Crippen LogP contribution in [0.1, 0.15) is 29.8 Å². The molecule has 0 aromatic heterocycles. The Hall–Kier alpha value is -2.04. The summed E-state index contributed by atoms with van der Waals surface area (Å²) in [5, 5.41) is 2.62. The van der Waals surface area contributed by atoms with Crippen LogP contribution in [0.15, 0.2) is 18.2 Å². The summed E-state index contributed by atoms with van der Waals surface area (Å²) in [5.74, 6) is 0.116.